The highest BCUT2D eigenvalue weighted by Crippen LogP contribution is 2.33. The van der Waals surface area contributed by atoms with Crippen LogP contribution in [-0.2, 0) is 33.2 Å². The summed E-state index contributed by atoms with van der Waals surface area (Å²) >= 11 is 0. The fourth-order valence-corrected chi connectivity index (χ4v) is 11.0. The predicted octanol–water partition coefficient (Wildman–Crippen LogP) is 6.71. The molecule has 3 fully saturated rings. The minimum Gasteiger partial charge on any atom is -0.394 e. The number of aliphatic hydroxyl groups excluding tert-OH is 11. The van der Waals surface area contributed by atoms with Gasteiger partial charge in [-0.25, -0.2) is 0 Å². The Hall–Kier alpha value is -1.73. The normalized spacial score (nSPS) is 29.9. The first-order chi connectivity index (χ1) is 39.3. The Morgan fingerprint density at radius 1 is 0.432 bits per heavy atom. The summed E-state index contributed by atoms with van der Waals surface area (Å²) < 4.78 is 34.2. The van der Waals surface area contributed by atoms with E-state index in [-0.39, 0.29) is 18.9 Å². The lowest BCUT2D eigenvalue weighted by atomic mass is 9.96. The van der Waals surface area contributed by atoms with Crippen molar-refractivity contribution in [3.63, 3.8) is 0 Å². The van der Waals surface area contributed by atoms with Gasteiger partial charge in [0.25, 0.3) is 0 Å². The molecule has 12 N–H and O–H groups in total. The van der Waals surface area contributed by atoms with E-state index in [0.717, 1.165) is 44.9 Å². The first kappa shape index (κ1) is 73.5. The molecule has 0 aliphatic carbocycles. The summed E-state index contributed by atoms with van der Waals surface area (Å²) in [4.78, 5) is 13.3. The molecule has 476 valence electrons. The summed E-state index contributed by atoms with van der Waals surface area (Å²) in [6.07, 6.45) is 22.1. The molecule has 0 aromatic carbocycles. The minimum atomic E-state index is -1.98. The van der Waals surface area contributed by atoms with Crippen LogP contribution in [0.2, 0.25) is 0 Å². The van der Waals surface area contributed by atoms with Gasteiger partial charge in [-0.3, -0.25) is 4.79 Å². The molecule has 0 radical (unpaired) electrons. The summed E-state index contributed by atoms with van der Waals surface area (Å²) in [5.74, 6) is -0.285. The molecule has 3 aliphatic rings. The van der Waals surface area contributed by atoms with E-state index in [1.165, 1.54) is 154 Å². The number of carbonyl (C=O) groups excluding carboxylic acids is 1. The van der Waals surface area contributed by atoms with Gasteiger partial charge in [-0.05, 0) is 32.1 Å². The van der Waals surface area contributed by atoms with E-state index < -0.39 is 124 Å². The molecule has 19 nitrogen and oxygen atoms in total. The fraction of sp³-hybridized carbons (Fsp3) is 0.919. The number of allylic oxidation sites excluding steroid dienone is 3. The summed E-state index contributed by atoms with van der Waals surface area (Å²) in [6, 6.07) is -0.984. The number of hydrogen-bond acceptors (Lipinski definition) is 18. The molecular weight excluding hydrogens is 1050 g/mol. The summed E-state index contributed by atoms with van der Waals surface area (Å²) in [7, 11) is 0. The molecule has 81 heavy (non-hydrogen) atoms. The first-order valence-corrected chi connectivity index (χ1v) is 32.1. The highest BCUT2D eigenvalue weighted by molar-refractivity contribution is 5.76. The summed E-state index contributed by atoms with van der Waals surface area (Å²) in [6.45, 7) is 1.66. The van der Waals surface area contributed by atoms with Gasteiger partial charge in [0, 0.05) is 6.42 Å². The van der Waals surface area contributed by atoms with Crippen molar-refractivity contribution >= 4 is 5.91 Å². The molecule has 3 rings (SSSR count). The Bertz CT molecular complexity index is 1580. The van der Waals surface area contributed by atoms with E-state index >= 15 is 0 Å². The van der Waals surface area contributed by atoms with E-state index in [2.05, 4.69) is 31.3 Å². The first-order valence-electron chi connectivity index (χ1n) is 32.1. The number of nitrogens with one attached hydrogen (secondary N) is 1. The third-order valence-electron chi connectivity index (χ3n) is 16.3. The van der Waals surface area contributed by atoms with Crippen LogP contribution in [0.4, 0.5) is 0 Å². The highest BCUT2D eigenvalue weighted by Gasteiger charge is 2.53. The average Bonchev–Trinajstić information content (AvgIpc) is 3.55. The Kier molecular flexibility index (Phi) is 41.4. The van der Waals surface area contributed by atoms with E-state index in [0.29, 0.717) is 12.8 Å². The number of unbranched alkanes of at least 4 members (excludes halogenated alkanes) is 30. The topological polar surface area (TPSA) is 307 Å². The molecule has 19 heteroatoms. The number of carbonyl (C=O) groups is 1. The van der Waals surface area contributed by atoms with Crippen LogP contribution in [-0.4, -0.2) is 193 Å². The van der Waals surface area contributed by atoms with Crippen LogP contribution in [0.1, 0.15) is 232 Å². The molecule has 0 saturated carbocycles. The predicted molar refractivity (Wildman–Crippen MR) is 310 cm³/mol. The smallest absolute Gasteiger partial charge is 0.220 e. The van der Waals surface area contributed by atoms with Crippen molar-refractivity contribution in [2.75, 3.05) is 26.4 Å². The van der Waals surface area contributed by atoms with Crippen molar-refractivity contribution in [3.05, 3.63) is 24.3 Å². The molecular formula is C62H115NO18. The van der Waals surface area contributed by atoms with Gasteiger partial charge < -0.3 is 89.9 Å². The number of aliphatic hydroxyl groups is 11. The van der Waals surface area contributed by atoms with Gasteiger partial charge in [0.1, 0.15) is 73.2 Å². The Morgan fingerprint density at radius 2 is 0.790 bits per heavy atom. The number of amides is 1. The third kappa shape index (κ3) is 29.0. The molecule has 0 bridgehead atoms. The van der Waals surface area contributed by atoms with Gasteiger partial charge in [0.05, 0.1) is 38.6 Å². The van der Waals surface area contributed by atoms with Crippen LogP contribution in [0.5, 0.6) is 0 Å². The van der Waals surface area contributed by atoms with Crippen molar-refractivity contribution < 1.29 is 89.4 Å². The summed E-state index contributed by atoms with van der Waals surface area (Å²) in [5, 5.41) is 120. The SMILES string of the molecule is CCCCC/C=C/CC/C=C/C(O)C(COC1OC(CO)C(OC2OC(CO)C(OC3OC(CO)C(O)C(O)C3O)C(O)C2O)C(O)C1O)NC(=O)CCCCCCCCCCCCCCCCCCCCCCCCCCCCC. The van der Waals surface area contributed by atoms with Crippen LogP contribution >= 0.6 is 0 Å². The van der Waals surface area contributed by atoms with E-state index in [9.17, 15) is 61.0 Å². The average molecular weight is 1160 g/mol. The third-order valence-corrected chi connectivity index (χ3v) is 16.3. The quantitative estimate of drug-likeness (QED) is 0.0222. The van der Waals surface area contributed by atoms with Crippen molar-refractivity contribution in [1.82, 2.24) is 5.32 Å². The van der Waals surface area contributed by atoms with Crippen LogP contribution < -0.4 is 5.32 Å². The lowest BCUT2D eigenvalue weighted by Gasteiger charge is -2.48. The number of rotatable bonds is 48. The molecule has 17 atom stereocenters. The molecule has 3 aliphatic heterocycles. The largest absolute Gasteiger partial charge is 0.394 e. The van der Waals surface area contributed by atoms with Crippen LogP contribution in [0.25, 0.3) is 0 Å². The van der Waals surface area contributed by atoms with Crippen molar-refractivity contribution in [1.29, 1.82) is 0 Å². The molecule has 0 spiro atoms. The van der Waals surface area contributed by atoms with Gasteiger partial charge in [-0.1, -0.05) is 218 Å². The van der Waals surface area contributed by atoms with E-state index in [4.69, 9.17) is 28.4 Å². The standard InChI is InChI=1S/C62H115NO18/c1-3-5-7-9-11-13-14-15-16-17-18-19-20-21-22-23-24-25-26-27-28-29-30-32-34-36-38-40-50(68)63-45(46(67)39-37-35-33-31-12-10-8-6-4-2)44-76-60-56(74)53(71)58(48(42-65)78-60)81-62-57(75)54(72)59(49(43-66)79-62)80-61-55(73)52(70)51(69)47(41-64)77-61/h12,31,37,39,45-49,51-62,64-67,69-75H,3-11,13-30,32-36,38,40-44H2,1-2H3,(H,63,68)/b31-12+,39-37+. The van der Waals surface area contributed by atoms with E-state index in [1.54, 1.807) is 6.08 Å². The lowest BCUT2D eigenvalue weighted by Crippen LogP contribution is -2.66. The zero-order valence-electron chi connectivity index (χ0n) is 49.8. The molecule has 3 heterocycles. The Labute approximate surface area is 486 Å². The zero-order valence-corrected chi connectivity index (χ0v) is 49.8. The molecule has 3 saturated heterocycles. The monoisotopic (exact) mass is 1160 g/mol. The van der Waals surface area contributed by atoms with Gasteiger partial charge in [-0.2, -0.15) is 0 Å². The second kappa shape index (κ2) is 45.6. The number of ether oxygens (including phenoxy) is 6. The molecule has 0 aromatic rings. The van der Waals surface area contributed by atoms with Crippen molar-refractivity contribution in [3.8, 4) is 0 Å². The summed E-state index contributed by atoms with van der Waals surface area (Å²) in [5.41, 5.74) is 0. The number of hydrogen-bond donors (Lipinski definition) is 12. The zero-order chi connectivity index (χ0) is 59.0. The Morgan fingerprint density at radius 3 is 1.23 bits per heavy atom. The van der Waals surface area contributed by atoms with Crippen LogP contribution in [0, 0.1) is 0 Å². The van der Waals surface area contributed by atoms with E-state index in [1.807, 2.05) is 6.08 Å². The van der Waals surface area contributed by atoms with Gasteiger partial charge in [0.2, 0.25) is 5.91 Å². The maximum absolute atomic E-state index is 13.3. The molecule has 1 amide bonds. The maximum atomic E-state index is 13.3. The minimum absolute atomic E-state index is 0.240. The maximum Gasteiger partial charge on any atom is 0.220 e. The van der Waals surface area contributed by atoms with Gasteiger partial charge in [-0.15, -0.1) is 0 Å². The second-order valence-corrected chi connectivity index (χ2v) is 23.2. The molecule has 0 aromatic heterocycles. The fourth-order valence-electron chi connectivity index (χ4n) is 11.0. The Balaban J connectivity index is 1.38. The van der Waals surface area contributed by atoms with Crippen molar-refractivity contribution in [2.24, 2.45) is 0 Å². The second-order valence-electron chi connectivity index (χ2n) is 23.2. The highest BCUT2D eigenvalue weighted by atomic mass is 16.8. The molecule has 17 unspecified atom stereocenters. The van der Waals surface area contributed by atoms with Gasteiger partial charge >= 0.3 is 0 Å². The van der Waals surface area contributed by atoms with Gasteiger partial charge in [0.15, 0.2) is 18.9 Å². The lowest BCUT2D eigenvalue weighted by molar-refractivity contribution is -0.379. The van der Waals surface area contributed by atoms with Crippen molar-refractivity contribution in [2.45, 2.75) is 336 Å². The van der Waals surface area contributed by atoms with Crippen LogP contribution in [0.15, 0.2) is 24.3 Å². The van der Waals surface area contributed by atoms with Crippen LogP contribution in [0.3, 0.4) is 0 Å².